The van der Waals surface area contributed by atoms with Crippen LogP contribution in [0.2, 0.25) is 0 Å². The molecule has 0 spiro atoms. The molecule has 3 aliphatic carbocycles. The van der Waals surface area contributed by atoms with Crippen LogP contribution in [0.15, 0.2) is 23.8 Å². The zero-order valence-electron chi connectivity index (χ0n) is 13.9. The third kappa shape index (κ3) is 2.21. The highest BCUT2D eigenvalue weighted by molar-refractivity contribution is 6.05. The fourth-order valence-electron chi connectivity index (χ4n) is 4.52. The van der Waals surface area contributed by atoms with E-state index in [4.69, 9.17) is 0 Å². The molecule has 3 rings (SSSR count). The van der Waals surface area contributed by atoms with Gasteiger partial charge in [-0.2, -0.15) is 0 Å². The van der Waals surface area contributed by atoms with E-state index in [0.717, 1.165) is 18.4 Å². The van der Waals surface area contributed by atoms with E-state index < -0.39 is 11.5 Å². The minimum absolute atomic E-state index is 0.00617. The van der Waals surface area contributed by atoms with Crippen LogP contribution < -0.4 is 0 Å². The number of hydrogen-bond donors (Lipinski definition) is 1. The first-order valence-corrected chi connectivity index (χ1v) is 8.34. The quantitative estimate of drug-likeness (QED) is 0.700. The van der Waals surface area contributed by atoms with Crippen LogP contribution in [0.3, 0.4) is 0 Å². The molecular weight excluding hydrogens is 276 g/mol. The molecule has 0 radical (unpaired) electrons. The Bertz CT molecular complexity index is 583. The summed E-state index contributed by atoms with van der Waals surface area (Å²) in [6.07, 6.45) is 7.61. The Kier molecular flexibility index (Phi) is 3.48. The van der Waals surface area contributed by atoms with Crippen molar-refractivity contribution in [2.75, 3.05) is 0 Å². The summed E-state index contributed by atoms with van der Waals surface area (Å²) in [6, 6.07) is 0. The number of ketones is 2. The summed E-state index contributed by atoms with van der Waals surface area (Å²) >= 11 is 0. The van der Waals surface area contributed by atoms with Gasteiger partial charge in [0.25, 0.3) is 0 Å². The van der Waals surface area contributed by atoms with Crippen LogP contribution in [0.1, 0.15) is 47.0 Å². The van der Waals surface area contributed by atoms with E-state index in [9.17, 15) is 14.7 Å². The van der Waals surface area contributed by atoms with Gasteiger partial charge in [-0.15, -0.1) is 0 Å². The predicted octanol–water partition coefficient (Wildman–Crippen LogP) is 3.08. The molecule has 5 atom stereocenters. The van der Waals surface area contributed by atoms with Gasteiger partial charge in [0.05, 0.1) is 5.92 Å². The molecule has 3 aliphatic rings. The molecule has 0 aromatic rings. The molecule has 3 nitrogen and oxygen atoms in total. The number of Topliss-reactive ketones (excluding diaryl/α,β-unsaturated/α-hetero) is 1. The topological polar surface area (TPSA) is 54.4 Å². The Morgan fingerprint density at radius 3 is 2.64 bits per heavy atom. The Hall–Kier alpha value is -1.22. The number of aliphatic hydroxyl groups is 1. The molecule has 1 N–H and O–H groups in total. The van der Waals surface area contributed by atoms with Gasteiger partial charge in [0.1, 0.15) is 11.4 Å². The van der Waals surface area contributed by atoms with Gasteiger partial charge in [0.15, 0.2) is 5.78 Å². The Morgan fingerprint density at radius 1 is 1.27 bits per heavy atom. The number of carbonyl (C=O) groups is 2. The summed E-state index contributed by atoms with van der Waals surface area (Å²) in [5.41, 5.74) is -0.202. The van der Waals surface area contributed by atoms with Gasteiger partial charge in [-0.3, -0.25) is 9.59 Å². The van der Waals surface area contributed by atoms with Crippen LogP contribution in [0, 0.1) is 29.1 Å². The summed E-state index contributed by atoms with van der Waals surface area (Å²) in [4.78, 5) is 25.0. The highest BCUT2D eigenvalue weighted by atomic mass is 16.3. The maximum atomic E-state index is 12.6. The van der Waals surface area contributed by atoms with Crippen molar-refractivity contribution < 1.29 is 14.7 Å². The summed E-state index contributed by atoms with van der Waals surface area (Å²) in [5, 5.41) is 10.9. The average Bonchev–Trinajstić information content (AvgIpc) is 2.89. The van der Waals surface area contributed by atoms with E-state index in [2.05, 4.69) is 13.8 Å². The van der Waals surface area contributed by atoms with Crippen molar-refractivity contribution >= 4 is 11.6 Å². The van der Waals surface area contributed by atoms with E-state index in [1.807, 2.05) is 19.1 Å². The monoisotopic (exact) mass is 302 g/mol. The van der Waals surface area contributed by atoms with Crippen molar-refractivity contribution in [3.63, 3.8) is 0 Å². The van der Waals surface area contributed by atoms with Gasteiger partial charge < -0.3 is 5.11 Å². The van der Waals surface area contributed by atoms with Gasteiger partial charge in [-0.05, 0) is 49.5 Å². The zero-order valence-corrected chi connectivity index (χ0v) is 13.9. The van der Waals surface area contributed by atoms with Gasteiger partial charge >= 0.3 is 0 Å². The minimum Gasteiger partial charge on any atom is -0.381 e. The number of fused-ring (bicyclic) bond motifs is 2. The second-order valence-corrected chi connectivity index (χ2v) is 8.14. The van der Waals surface area contributed by atoms with Crippen molar-refractivity contribution in [3.05, 3.63) is 23.8 Å². The van der Waals surface area contributed by atoms with Crippen molar-refractivity contribution in [1.29, 1.82) is 0 Å². The third-order valence-electron chi connectivity index (χ3n) is 6.25. The minimum atomic E-state index is -1.55. The van der Waals surface area contributed by atoms with Gasteiger partial charge in [0.2, 0.25) is 0 Å². The fraction of sp³-hybridized carbons (Fsp3) is 0.684. The van der Waals surface area contributed by atoms with E-state index in [1.54, 1.807) is 13.0 Å². The highest BCUT2D eigenvalue weighted by Gasteiger charge is 2.57. The standard InChI is InChI=1S/C19H26O3/c1-11-5-6-13-14(18(13,3)4)7-8-16(20)19(22)10-12(2)17(21)15(19)9-11/h7-9,12-15,22H,5-6,10H2,1-4H3/b8-7-,11-9-. The van der Waals surface area contributed by atoms with Crippen LogP contribution in [-0.2, 0) is 9.59 Å². The Labute approximate surface area is 132 Å². The van der Waals surface area contributed by atoms with Gasteiger partial charge in [0, 0.05) is 5.92 Å². The SMILES string of the molecule is C/C1=C/C2C(=O)C(C)CC2(O)C(=O)/C=C\C2C(CC1)C2(C)C. The first kappa shape index (κ1) is 15.7. The lowest BCUT2D eigenvalue weighted by Crippen LogP contribution is -2.42. The molecule has 2 fully saturated rings. The van der Waals surface area contributed by atoms with Gasteiger partial charge in [-0.25, -0.2) is 0 Å². The maximum Gasteiger partial charge on any atom is 0.187 e. The van der Waals surface area contributed by atoms with E-state index in [0.29, 0.717) is 11.8 Å². The lowest BCUT2D eigenvalue weighted by molar-refractivity contribution is -0.137. The third-order valence-corrected chi connectivity index (χ3v) is 6.25. The van der Waals surface area contributed by atoms with E-state index in [1.165, 1.54) is 0 Å². The molecular formula is C19H26O3. The molecule has 0 saturated heterocycles. The van der Waals surface area contributed by atoms with Crippen LogP contribution in [0.4, 0.5) is 0 Å². The molecule has 0 heterocycles. The first-order chi connectivity index (χ1) is 10.2. The zero-order chi connectivity index (χ0) is 16.3. The normalized spacial score (nSPS) is 47.8. The van der Waals surface area contributed by atoms with Crippen molar-refractivity contribution in [2.24, 2.45) is 29.1 Å². The van der Waals surface area contributed by atoms with Crippen LogP contribution >= 0.6 is 0 Å². The molecule has 0 aromatic carbocycles. The molecule has 22 heavy (non-hydrogen) atoms. The number of carbonyl (C=O) groups excluding carboxylic acids is 2. The maximum absolute atomic E-state index is 12.6. The Balaban J connectivity index is 1.99. The summed E-state index contributed by atoms with van der Waals surface area (Å²) in [5.74, 6) is -0.261. The second-order valence-electron chi connectivity index (χ2n) is 8.14. The summed E-state index contributed by atoms with van der Waals surface area (Å²) < 4.78 is 0. The number of allylic oxidation sites excluding steroid dienone is 2. The lowest BCUT2D eigenvalue weighted by Gasteiger charge is -2.24. The van der Waals surface area contributed by atoms with Crippen molar-refractivity contribution in [1.82, 2.24) is 0 Å². The molecule has 0 bridgehead atoms. The molecule has 3 heteroatoms. The number of rotatable bonds is 0. The van der Waals surface area contributed by atoms with Crippen LogP contribution in [-0.4, -0.2) is 22.3 Å². The van der Waals surface area contributed by atoms with E-state index in [-0.39, 0.29) is 29.3 Å². The van der Waals surface area contributed by atoms with Crippen LogP contribution in [0.5, 0.6) is 0 Å². The molecule has 2 saturated carbocycles. The Morgan fingerprint density at radius 2 is 1.95 bits per heavy atom. The largest absolute Gasteiger partial charge is 0.381 e. The predicted molar refractivity (Wildman–Crippen MR) is 85.1 cm³/mol. The average molecular weight is 302 g/mol. The smallest absolute Gasteiger partial charge is 0.187 e. The second kappa shape index (κ2) is 4.89. The fourth-order valence-corrected chi connectivity index (χ4v) is 4.52. The highest BCUT2D eigenvalue weighted by Crippen LogP contribution is 2.61. The van der Waals surface area contributed by atoms with Crippen LogP contribution in [0.25, 0.3) is 0 Å². The summed E-state index contributed by atoms with van der Waals surface area (Å²) in [7, 11) is 0. The summed E-state index contributed by atoms with van der Waals surface area (Å²) in [6.45, 7) is 8.29. The van der Waals surface area contributed by atoms with Gasteiger partial charge in [-0.1, -0.05) is 38.5 Å². The first-order valence-electron chi connectivity index (χ1n) is 8.34. The molecule has 0 aromatic heterocycles. The molecule has 120 valence electrons. The lowest BCUT2D eigenvalue weighted by atomic mass is 9.84. The molecule has 0 aliphatic heterocycles. The van der Waals surface area contributed by atoms with E-state index >= 15 is 0 Å². The van der Waals surface area contributed by atoms with Crippen molar-refractivity contribution in [3.8, 4) is 0 Å². The molecule has 0 amide bonds. The van der Waals surface area contributed by atoms with Crippen molar-refractivity contribution in [2.45, 2.75) is 52.6 Å². The number of hydrogen-bond acceptors (Lipinski definition) is 3. The molecule has 5 unspecified atom stereocenters.